The van der Waals surface area contributed by atoms with Gasteiger partial charge in [-0.15, -0.1) is 0 Å². The van der Waals surface area contributed by atoms with Gasteiger partial charge in [0.2, 0.25) is 0 Å². The second-order valence-electron chi connectivity index (χ2n) is 13.8. The molecule has 0 amide bonds. The van der Waals surface area contributed by atoms with E-state index in [1.807, 2.05) is 0 Å². The minimum atomic E-state index is 0.00204. The maximum atomic E-state index is 10.2. The highest BCUT2D eigenvalue weighted by atomic mass is 32.1. The smallest absolute Gasteiger partial charge is 0.0757 e. The Hall–Kier alpha value is -0.490. The Morgan fingerprint density at radius 3 is 2.61 bits per heavy atom. The van der Waals surface area contributed by atoms with Gasteiger partial charge in [-0.2, -0.15) is 12.6 Å². The third kappa shape index (κ3) is 4.42. The van der Waals surface area contributed by atoms with Gasteiger partial charge in [-0.05, 0) is 79.1 Å². The number of ether oxygens (including phenoxy) is 2. The van der Waals surface area contributed by atoms with Crippen molar-refractivity contribution in [3.63, 3.8) is 0 Å². The molecule has 1 heterocycles. The lowest BCUT2D eigenvalue weighted by atomic mass is 9.38. The van der Waals surface area contributed by atoms with E-state index in [4.69, 9.17) is 15.2 Å². The van der Waals surface area contributed by atoms with Crippen molar-refractivity contribution in [2.75, 3.05) is 32.1 Å². The number of aliphatic hydroxyl groups excluding tert-OH is 1. The quantitative estimate of drug-likeness (QED) is 0.187. The van der Waals surface area contributed by atoms with Crippen molar-refractivity contribution in [2.24, 2.45) is 57.0 Å². The highest BCUT2D eigenvalue weighted by Gasteiger charge is 2.64. The number of fused-ring (bicyclic) bond motifs is 5. The number of hydrogen-bond acceptors (Lipinski definition) is 5. The first-order chi connectivity index (χ1) is 17.0. The van der Waals surface area contributed by atoms with Crippen molar-refractivity contribution in [3.05, 3.63) is 24.0 Å². The van der Waals surface area contributed by atoms with Gasteiger partial charge in [0.25, 0.3) is 0 Å². The number of thiol groups is 1. The van der Waals surface area contributed by atoms with Gasteiger partial charge in [0.15, 0.2) is 0 Å². The van der Waals surface area contributed by atoms with E-state index in [-0.39, 0.29) is 22.3 Å². The zero-order valence-electron chi connectivity index (χ0n) is 23.8. The second kappa shape index (κ2) is 10.6. The van der Waals surface area contributed by atoms with Crippen LogP contribution in [0.1, 0.15) is 80.1 Å². The Bertz CT molecular complexity index is 844. The fourth-order valence-electron chi connectivity index (χ4n) is 9.34. The molecule has 2 saturated carbocycles. The van der Waals surface area contributed by atoms with Crippen LogP contribution in [-0.2, 0) is 9.47 Å². The summed E-state index contributed by atoms with van der Waals surface area (Å²) >= 11 is 4.66. The minimum absolute atomic E-state index is 0.00204. The van der Waals surface area contributed by atoms with Gasteiger partial charge in [0.1, 0.15) is 0 Å². The molecule has 3 N–H and O–H groups in total. The lowest BCUT2D eigenvalue weighted by molar-refractivity contribution is -0.151. The van der Waals surface area contributed by atoms with Crippen LogP contribution in [0.4, 0.5) is 0 Å². The fourth-order valence-corrected chi connectivity index (χ4v) is 9.72. The monoisotopic (exact) mass is 519 g/mol. The normalized spacial score (nSPS) is 44.5. The van der Waals surface area contributed by atoms with Crippen LogP contribution in [0.2, 0.25) is 0 Å². The molecule has 0 aromatic carbocycles. The number of aliphatic hydroxyl groups is 1. The van der Waals surface area contributed by atoms with Crippen molar-refractivity contribution in [1.82, 2.24) is 0 Å². The van der Waals surface area contributed by atoms with Crippen LogP contribution >= 0.6 is 12.6 Å². The molecular formula is C31H53NO3S. The number of allylic oxidation sites excluding steroid dienone is 2. The van der Waals surface area contributed by atoms with E-state index in [2.05, 4.69) is 66.3 Å². The van der Waals surface area contributed by atoms with E-state index in [1.54, 1.807) is 5.57 Å². The zero-order valence-corrected chi connectivity index (χ0v) is 24.7. The highest BCUT2D eigenvalue weighted by molar-refractivity contribution is 7.80. The fraction of sp³-hybridized carbons (Fsp3) is 0.871. The first-order valence-electron chi connectivity index (χ1n) is 14.5. The van der Waals surface area contributed by atoms with Crippen LogP contribution < -0.4 is 5.73 Å². The number of rotatable bonds is 8. The van der Waals surface area contributed by atoms with Crippen LogP contribution in [0, 0.1) is 51.2 Å². The van der Waals surface area contributed by atoms with E-state index >= 15 is 0 Å². The Morgan fingerprint density at radius 2 is 1.97 bits per heavy atom. The lowest BCUT2D eigenvalue weighted by Crippen LogP contribution is -2.60. The molecule has 4 nitrogen and oxygen atoms in total. The number of hydrogen-bond donors (Lipinski definition) is 3. The van der Waals surface area contributed by atoms with E-state index < -0.39 is 0 Å². The molecule has 0 spiro atoms. The van der Waals surface area contributed by atoms with Crippen LogP contribution in [0.25, 0.3) is 0 Å². The summed E-state index contributed by atoms with van der Waals surface area (Å²) in [6.45, 7) is 17.4. The molecule has 3 aliphatic carbocycles. The van der Waals surface area contributed by atoms with Crippen LogP contribution in [0.5, 0.6) is 0 Å². The average Bonchev–Trinajstić information content (AvgIpc) is 2.84. The van der Waals surface area contributed by atoms with Gasteiger partial charge >= 0.3 is 0 Å². The van der Waals surface area contributed by atoms with Crippen LogP contribution in [0.3, 0.4) is 0 Å². The molecule has 3 fully saturated rings. The molecule has 0 aromatic rings. The molecule has 36 heavy (non-hydrogen) atoms. The third-order valence-electron chi connectivity index (χ3n) is 12.0. The van der Waals surface area contributed by atoms with Gasteiger partial charge in [0.05, 0.1) is 32.2 Å². The predicted molar refractivity (Wildman–Crippen MR) is 152 cm³/mol. The summed E-state index contributed by atoms with van der Waals surface area (Å²) in [4.78, 5) is 0. The predicted octanol–water partition coefficient (Wildman–Crippen LogP) is 6.82. The largest absolute Gasteiger partial charge is 0.516 e. The Labute approximate surface area is 226 Å². The summed E-state index contributed by atoms with van der Waals surface area (Å²) in [5.74, 6) is 3.46. The summed E-state index contributed by atoms with van der Waals surface area (Å²) in [5.41, 5.74) is 7.86. The maximum Gasteiger partial charge on any atom is 0.0757 e. The molecule has 1 aliphatic heterocycles. The van der Waals surface area contributed by atoms with E-state index in [9.17, 15) is 5.11 Å². The molecule has 0 bridgehead atoms. The van der Waals surface area contributed by atoms with E-state index in [0.717, 1.165) is 26.1 Å². The molecular weight excluding hydrogens is 466 g/mol. The van der Waals surface area contributed by atoms with Gasteiger partial charge in [-0.1, -0.05) is 53.2 Å². The van der Waals surface area contributed by atoms with Crippen molar-refractivity contribution in [1.29, 1.82) is 0 Å². The highest BCUT2D eigenvalue weighted by Crippen LogP contribution is 2.71. The van der Waals surface area contributed by atoms with Gasteiger partial charge in [0, 0.05) is 29.0 Å². The molecule has 4 unspecified atom stereocenters. The summed E-state index contributed by atoms with van der Waals surface area (Å²) in [7, 11) is 0. The Kier molecular flexibility index (Phi) is 8.38. The summed E-state index contributed by atoms with van der Waals surface area (Å²) < 4.78 is 12.5. The average molecular weight is 520 g/mol. The summed E-state index contributed by atoms with van der Waals surface area (Å²) in [6.07, 6.45) is 13.3. The minimum Gasteiger partial charge on any atom is -0.516 e. The van der Waals surface area contributed by atoms with Crippen molar-refractivity contribution in [3.8, 4) is 0 Å². The van der Waals surface area contributed by atoms with Crippen molar-refractivity contribution >= 4 is 12.6 Å². The molecule has 4 aliphatic rings. The number of nitrogens with two attached hydrogens (primary N) is 1. The summed E-state index contributed by atoms with van der Waals surface area (Å²) in [5, 5.41) is 10.2. The van der Waals surface area contributed by atoms with E-state index in [1.165, 1.54) is 31.9 Å². The SMILES string of the molecule is CC(C)[C@@H](C)[C@@]1(C)CCC2(C)C3CCC4[C@H](C(CS)OCCN)COC[C@@]4(C)C3=CC[C@@]2(/C=C/O)C1. The molecule has 9 atom stereocenters. The van der Waals surface area contributed by atoms with Gasteiger partial charge in [-0.3, -0.25) is 0 Å². The van der Waals surface area contributed by atoms with Gasteiger partial charge < -0.3 is 20.3 Å². The van der Waals surface area contributed by atoms with Crippen LogP contribution in [-0.4, -0.2) is 43.3 Å². The van der Waals surface area contributed by atoms with Crippen LogP contribution in [0.15, 0.2) is 24.0 Å². The lowest BCUT2D eigenvalue weighted by Gasteiger charge is -2.66. The second-order valence-corrected chi connectivity index (χ2v) is 14.2. The molecule has 206 valence electrons. The standard InChI is InChI=1S/C31H53NO3S/c1-21(2)22(3)28(4)11-12-30(6)26-8-7-24-23(27(18-36)35-16-14-32)17-34-20-29(24,5)25(26)9-10-31(30,19-28)13-15-33/h9,13,15,21-24,26-27,33,36H,7-8,10-12,14,16-20,32H2,1-6H3/b15-13+/t22-,23-,24?,26?,27?,28+,29-,30?,31-/m1/s1. The molecule has 1 saturated heterocycles. The molecule has 5 heteroatoms. The first-order valence-corrected chi connectivity index (χ1v) is 15.2. The first kappa shape index (κ1) is 28.5. The third-order valence-corrected chi connectivity index (χ3v) is 12.3. The van der Waals surface area contributed by atoms with Gasteiger partial charge in [-0.25, -0.2) is 0 Å². The maximum absolute atomic E-state index is 10.2. The van der Waals surface area contributed by atoms with E-state index in [0.29, 0.717) is 53.9 Å². The molecule has 0 radical (unpaired) electrons. The Balaban J connectivity index is 1.70. The molecule has 0 aromatic heterocycles. The summed E-state index contributed by atoms with van der Waals surface area (Å²) in [6, 6.07) is 0. The van der Waals surface area contributed by atoms with Crippen molar-refractivity contribution in [2.45, 2.75) is 86.2 Å². The zero-order chi connectivity index (χ0) is 26.4. The molecule has 4 rings (SSSR count). The van der Waals surface area contributed by atoms with Crippen molar-refractivity contribution < 1.29 is 14.6 Å². The Morgan fingerprint density at radius 1 is 1.22 bits per heavy atom. The topological polar surface area (TPSA) is 64.7 Å².